The van der Waals surface area contributed by atoms with Gasteiger partial charge in [0.2, 0.25) is 0 Å². The average molecular weight is 266 g/mol. The summed E-state index contributed by atoms with van der Waals surface area (Å²) in [6.07, 6.45) is 3.91. The second-order valence-electron chi connectivity index (χ2n) is 6.18. The van der Waals surface area contributed by atoms with Gasteiger partial charge in [0.1, 0.15) is 0 Å². The van der Waals surface area contributed by atoms with Crippen molar-refractivity contribution in [3.63, 3.8) is 0 Å². The minimum absolute atomic E-state index is 0.523. The third-order valence-corrected chi connectivity index (χ3v) is 4.49. The van der Waals surface area contributed by atoms with Crippen molar-refractivity contribution in [2.75, 3.05) is 32.7 Å². The van der Waals surface area contributed by atoms with Crippen molar-refractivity contribution in [1.82, 2.24) is 10.2 Å². The monoisotopic (exact) mass is 266 g/mol. The highest BCUT2D eigenvalue weighted by molar-refractivity contribution is 7.07. The molecule has 1 saturated heterocycles. The van der Waals surface area contributed by atoms with E-state index in [9.17, 15) is 0 Å². The third-order valence-electron chi connectivity index (χ3n) is 3.75. The van der Waals surface area contributed by atoms with Crippen molar-refractivity contribution in [3.8, 4) is 0 Å². The molecule has 0 aromatic carbocycles. The normalized spacial score (nSPS) is 20.1. The highest BCUT2D eigenvalue weighted by atomic mass is 32.1. The fourth-order valence-corrected chi connectivity index (χ4v) is 3.47. The van der Waals surface area contributed by atoms with Gasteiger partial charge < -0.3 is 10.2 Å². The summed E-state index contributed by atoms with van der Waals surface area (Å²) in [6.45, 7) is 10.8. The Morgan fingerprint density at radius 3 is 3.00 bits per heavy atom. The van der Waals surface area contributed by atoms with Gasteiger partial charge in [0.25, 0.3) is 0 Å². The predicted octanol–water partition coefficient (Wildman–Crippen LogP) is 3.00. The summed E-state index contributed by atoms with van der Waals surface area (Å²) in [7, 11) is 0. The number of piperidine rings is 1. The van der Waals surface area contributed by atoms with Crippen LogP contribution in [0.5, 0.6) is 0 Å². The molecule has 0 atom stereocenters. The van der Waals surface area contributed by atoms with Crippen molar-refractivity contribution in [2.45, 2.75) is 33.1 Å². The molecule has 0 bridgehead atoms. The molecule has 0 spiro atoms. The second-order valence-corrected chi connectivity index (χ2v) is 6.96. The van der Waals surface area contributed by atoms with Gasteiger partial charge in [0.15, 0.2) is 0 Å². The molecule has 2 heterocycles. The van der Waals surface area contributed by atoms with Crippen LogP contribution >= 0.6 is 11.3 Å². The lowest BCUT2D eigenvalue weighted by atomic mass is 9.84. The first-order valence-electron chi connectivity index (χ1n) is 7.10. The topological polar surface area (TPSA) is 15.3 Å². The predicted molar refractivity (Wildman–Crippen MR) is 80.3 cm³/mol. The van der Waals surface area contributed by atoms with Crippen LogP contribution in [0.3, 0.4) is 0 Å². The Morgan fingerprint density at radius 1 is 1.39 bits per heavy atom. The van der Waals surface area contributed by atoms with Crippen molar-refractivity contribution in [2.24, 2.45) is 5.41 Å². The lowest BCUT2D eigenvalue weighted by molar-refractivity contribution is 0.118. The Kier molecular flexibility index (Phi) is 5.22. The molecular formula is C15H26N2S. The Bertz CT molecular complexity index is 332. The van der Waals surface area contributed by atoms with Gasteiger partial charge in [-0.2, -0.15) is 11.3 Å². The number of hydrogen-bond donors (Lipinski definition) is 1. The number of thiophene rings is 1. The Labute approximate surface area is 115 Å². The SMILES string of the molecule is CC1(C)CCCN(CCNCCc2ccsc2)C1. The van der Waals surface area contributed by atoms with Gasteiger partial charge in [0.05, 0.1) is 0 Å². The van der Waals surface area contributed by atoms with E-state index in [1.807, 2.05) is 0 Å². The molecule has 3 heteroatoms. The van der Waals surface area contributed by atoms with E-state index in [-0.39, 0.29) is 0 Å². The molecule has 1 aromatic rings. The highest BCUT2D eigenvalue weighted by Gasteiger charge is 2.25. The molecule has 0 aliphatic carbocycles. The summed E-state index contributed by atoms with van der Waals surface area (Å²) in [5.74, 6) is 0. The van der Waals surface area contributed by atoms with Crippen LogP contribution in [0.1, 0.15) is 32.3 Å². The molecule has 1 aliphatic heterocycles. The number of nitrogens with zero attached hydrogens (tertiary/aromatic N) is 1. The lowest BCUT2D eigenvalue weighted by Crippen LogP contribution is -2.43. The van der Waals surface area contributed by atoms with Crippen LogP contribution in [0.15, 0.2) is 16.8 Å². The Morgan fingerprint density at radius 2 is 2.28 bits per heavy atom. The zero-order valence-corrected chi connectivity index (χ0v) is 12.6. The highest BCUT2D eigenvalue weighted by Crippen LogP contribution is 2.27. The molecular weight excluding hydrogens is 240 g/mol. The molecule has 0 amide bonds. The average Bonchev–Trinajstić information content (AvgIpc) is 2.80. The van der Waals surface area contributed by atoms with E-state index in [4.69, 9.17) is 0 Å². The van der Waals surface area contributed by atoms with Gasteiger partial charge in [-0.25, -0.2) is 0 Å². The minimum Gasteiger partial charge on any atom is -0.315 e. The van der Waals surface area contributed by atoms with Crippen LogP contribution in [-0.2, 0) is 6.42 Å². The van der Waals surface area contributed by atoms with Gasteiger partial charge in [0, 0.05) is 19.6 Å². The molecule has 1 aromatic heterocycles. The fourth-order valence-electron chi connectivity index (χ4n) is 2.77. The summed E-state index contributed by atoms with van der Waals surface area (Å²) in [4.78, 5) is 2.61. The van der Waals surface area contributed by atoms with Crippen LogP contribution < -0.4 is 5.32 Å². The van der Waals surface area contributed by atoms with Gasteiger partial charge in [-0.05, 0) is 60.2 Å². The fraction of sp³-hybridized carbons (Fsp3) is 0.733. The van der Waals surface area contributed by atoms with E-state index in [1.54, 1.807) is 11.3 Å². The van der Waals surface area contributed by atoms with Crippen molar-refractivity contribution >= 4 is 11.3 Å². The molecule has 1 fully saturated rings. The molecule has 2 nitrogen and oxygen atoms in total. The summed E-state index contributed by atoms with van der Waals surface area (Å²) in [6, 6.07) is 2.22. The van der Waals surface area contributed by atoms with E-state index >= 15 is 0 Å². The Hall–Kier alpha value is -0.380. The zero-order chi connectivity index (χ0) is 12.8. The molecule has 0 unspecified atom stereocenters. The second kappa shape index (κ2) is 6.69. The van der Waals surface area contributed by atoms with Crippen molar-refractivity contribution < 1.29 is 0 Å². The quantitative estimate of drug-likeness (QED) is 0.796. The van der Waals surface area contributed by atoms with Crippen molar-refractivity contribution in [1.29, 1.82) is 0 Å². The van der Waals surface area contributed by atoms with E-state index in [0.717, 1.165) is 19.5 Å². The zero-order valence-electron chi connectivity index (χ0n) is 11.7. The third kappa shape index (κ3) is 4.71. The minimum atomic E-state index is 0.523. The number of rotatable bonds is 6. The van der Waals surface area contributed by atoms with Crippen LogP contribution in [-0.4, -0.2) is 37.6 Å². The Balaban J connectivity index is 1.55. The van der Waals surface area contributed by atoms with Crippen molar-refractivity contribution in [3.05, 3.63) is 22.4 Å². The van der Waals surface area contributed by atoms with Crippen LogP contribution in [0.4, 0.5) is 0 Å². The number of likely N-dealkylation sites (tertiary alicyclic amines) is 1. The van der Waals surface area contributed by atoms with Crippen LogP contribution in [0.2, 0.25) is 0 Å². The van der Waals surface area contributed by atoms with Gasteiger partial charge in [-0.15, -0.1) is 0 Å². The standard InChI is InChI=1S/C15H26N2S/c1-15(2)6-3-9-17(13-15)10-8-16-7-4-14-5-11-18-12-14/h5,11-12,16H,3-4,6-10,13H2,1-2H3. The summed E-state index contributed by atoms with van der Waals surface area (Å²) >= 11 is 1.79. The first-order chi connectivity index (χ1) is 8.66. The van der Waals surface area contributed by atoms with Gasteiger partial charge >= 0.3 is 0 Å². The maximum Gasteiger partial charge on any atom is 0.0107 e. The van der Waals surface area contributed by atoms with E-state index in [1.165, 1.54) is 38.0 Å². The van der Waals surface area contributed by atoms with Gasteiger partial charge in [-0.3, -0.25) is 0 Å². The first-order valence-corrected chi connectivity index (χ1v) is 8.04. The molecule has 1 aliphatic rings. The largest absolute Gasteiger partial charge is 0.315 e. The van der Waals surface area contributed by atoms with E-state index in [2.05, 4.69) is 40.9 Å². The number of hydrogen-bond acceptors (Lipinski definition) is 3. The van der Waals surface area contributed by atoms with Crippen LogP contribution in [0, 0.1) is 5.41 Å². The smallest absolute Gasteiger partial charge is 0.0107 e. The lowest BCUT2D eigenvalue weighted by Gasteiger charge is -2.38. The number of nitrogens with one attached hydrogen (secondary N) is 1. The molecule has 0 radical (unpaired) electrons. The van der Waals surface area contributed by atoms with Gasteiger partial charge in [-0.1, -0.05) is 13.8 Å². The van der Waals surface area contributed by atoms with Crippen LogP contribution in [0.25, 0.3) is 0 Å². The summed E-state index contributed by atoms with van der Waals surface area (Å²) in [5, 5.41) is 7.96. The molecule has 0 saturated carbocycles. The van der Waals surface area contributed by atoms with E-state index in [0.29, 0.717) is 5.41 Å². The molecule has 2 rings (SSSR count). The molecule has 18 heavy (non-hydrogen) atoms. The molecule has 1 N–H and O–H groups in total. The summed E-state index contributed by atoms with van der Waals surface area (Å²) < 4.78 is 0. The first kappa shape index (κ1) is 14.0. The van der Waals surface area contributed by atoms with E-state index < -0.39 is 0 Å². The summed E-state index contributed by atoms with van der Waals surface area (Å²) in [5.41, 5.74) is 1.99. The maximum absolute atomic E-state index is 3.56. The molecule has 102 valence electrons. The maximum atomic E-state index is 3.56.